The Morgan fingerprint density at radius 1 is 1.39 bits per heavy atom. The Labute approximate surface area is 118 Å². The molecule has 1 saturated heterocycles. The largest absolute Gasteiger partial charge is 0.314 e. The van der Waals surface area contributed by atoms with Crippen LogP contribution >= 0.6 is 11.8 Å². The molecular formula is C15H32N2S. The van der Waals surface area contributed by atoms with E-state index in [1.807, 2.05) is 0 Å². The van der Waals surface area contributed by atoms with Crippen molar-refractivity contribution < 1.29 is 0 Å². The minimum atomic E-state index is 0.405. The highest BCUT2D eigenvalue weighted by Gasteiger charge is 2.31. The van der Waals surface area contributed by atoms with Gasteiger partial charge in [-0.1, -0.05) is 27.7 Å². The number of rotatable bonds is 6. The van der Waals surface area contributed by atoms with Gasteiger partial charge in [0.05, 0.1) is 0 Å². The molecular weight excluding hydrogens is 240 g/mol. The topological polar surface area (TPSA) is 15.3 Å². The summed E-state index contributed by atoms with van der Waals surface area (Å²) in [6, 6.07) is 0.587. The van der Waals surface area contributed by atoms with Crippen LogP contribution in [0.5, 0.6) is 0 Å². The molecule has 0 amide bonds. The Kier molecular flexibility index (Phi) is 6.01. The number of nitrogens with one attached hydrogen (secondary N) is 1. The van der Waals surface area contributed by atoms with Crippen molar-refractivity contribution in [3.05, 3.63) is 0 Å². The molecule has 1 unspecified atom stereocenters. The summed E-state index contributed by atoms with van der Waals surface area (Å²) in [5.74, 6) is 1.28. The predicted octanol–water partition coefficient (Wildman–Crippen LogP) is 3.23. The van der Waals surface area contributed by atoms with Crippen molar-refractivity contribution in [1.82, 2.24) is 10.2 Å². The van der Waals surface area contributed by atoms with E-state index in [1.165, 1.54) is 31.8 Å². The summed E-state index contributed by atoms with van der Waals surface area (Å²) >= 11 is 2.12. The Balaban J connectivity index is 2.51. The lowest BCUT2D eigenvalue weighted by Gasteiger charge is -2.42. The summed E-state index contributed by atoms with van der Waals surface area (Å²) in [5.41, 5.74) is 0.405. The van der Waals surface area contributed by atoms with Crippen LogP contribution in [0.4, 0.5) is 0 Å². The molecule has 0 bridgehead atoms. The van der Waals surface area contributed by atoms with E-state index in [1.54, 1.807) is 0 Å². The third kappa shape index (κ3) is 5.50. The second-order valence-electron chi connectivity index (χ2n) is 7.02. The molecule has 0 radical (unpaired) electrons. The molecule has 1 aliphatic rings. The predicted molar refractivity (Wildman–Crippen MR) is 84.5 cm³/mol. The Bertz CT molecular complexity index is 253. The van der Waals surface area contributed by atoms with E-state index < -0.39 is 0 Å². The molecule has 3 heteroatoms. The molecule has 0 spiro atoms. The second-order valence-corrected chi connectivity index (χ2v) is 8.82. The normalized spacial score (nSPS) is 24.2. The molecule has 2 nitrogen and oxygen atoms in total. The summed E-state index contributed by atoms with van der Waals surface area (Å²) < 4.78 is 0.429. The molecule has 0 aromatic carbocycles. The Morgan fingerprint density at radius 3 is 2.56 bits per heavy atom. The van der Waals surface area contributed by atoms with E-state index >= 15 is 0 Å². The fourth-order valence-electron chi connectivity index (χ4n) is 2.53. The zero-order valence-corrected chi connectivity index (χ0v) is 14.0. The summed E-state index contributed by atoms with van der Waals surface area (Å²) in [6.07, 6.45) is 1.25. The highest BCUT2D eigenvalue weighted by atomic mass is 32.2. The van der Waals surface area contributed by atoms with E-state index in [9.17, 15) is 0 Å². The van der Waals surface area contributed by atoms with Crippen molar-refractivity contribution in [3.8, 4) is 0 Å². The van der Waals surface area contributed by atoms with E-state index in [0.717, 1.165) is 6.54 Å². The van der Waals surface area contributed by atoms with Gasteiger partial charge in [0.1, 0.15) is 0 Å². The van der Waals surface area contributed by atoms with Crippen LogP contribution in [0.2, 0.25) is 0 Å². The van der Waals surface area contributed by atoms with Gasteiger partial charge in [0.2, 0.25) is 0 Å². The summed E-state index contributed by atoms with van der Waals surface area (Å²) in [4.78, 5) is 2.67. The van der Waals surface area contributed by atoms with Gasteiger partial charge in [-0.25, -0.2) is 0 Å². The molecule has 1 heterocycles. The molecule has 0 saturated carbocycles. The fraction of sp³-hybridized carbons (Fsp3) is 1.00. The maximum Gasteiger partial charge on any atom is 0.0231 e. The first-order valence-electron chi connectivity index (χ1n) is 7.36. The van der Waals surface area contributed by atoms with E-state index in [0.29, 0.717) is 16.2 Å². The third-order valence-electron chi connectivity index (χ3n) is 3.90. The van der Waals surface area contributed by atoms with Crippen LogP contribution in [0, 0.1) is 5.41 Å². The van der Waals surface area contributed by atoms with Crippen LogP contribution in [-0.4, -0.2) is 47.6 Å². The molecule has 1 aliphatic heterocycles. The first kappa shape index (κ1) is 16.3. The van der Waals surface area contributed by atoms with Crippen LogP contribution in [0.1, 0.15) is 48.0 Å². The molecule has 0 aliphatic carbocycles. The Hall–Kier alpha value is 0.270. The van der Waals surface area contributed by atoms with Crippen LogP contribution in [0.25, 0.3) is 0 Å². The molecule has 1 atom stereocenters. The first-order chi connectivity index (χ1) is 8.26. The lowest BCUT2D eigenvalue weighted by Crippen LogP contribution is -2.50. The molecule has 0 aromatic rings. The maximum atomic E-state index is 3.62. The fourth-order valence-corrected chi connectivity index (χ4v) is 3.71. The minimum absolute atomic E-state index is 0.405. The quantitative estimate of drug-likeness (QED) is 0.799. The zero-order chi connectivity index (χ0) is 13.8. The van der Waals surface area contributed by atoms with Gasteiger partial charge in [0.15, 0.2) is 0 Å². The Morgan fingerprint density at radius 2 is 2.06 bits per heavy atom. The van der Waals surface area contributed by atoms with Gasteiger partial charge in [0.25, 0.3) is 0 Å². The van der Waals surface area contributed by atoms with Gasteiger partial charge in [-0.2, -0.15) is 11.8 Å². The highest BCUT2D eigenvalue weighted by molar-refractivity contribution is 8.00. The average molecular weight is 273 g/mol. The van der Waals surface area contributed by atoms with E-state index in [4.69, 9.17) is 0 Å². The molecule has 108 valence electrons. The maximum absolute atomic E-state index is 3.62. The van der Waals surface area contributed by atoms with Crippen LogP contribution in [0.15, 0.2) is 0 Å². The molecule has 0 aromatic heterocycles. The van der Waals surface area contributed by atoms with Gasteiger partial charge in [0, 0.05) is 42.7 Å². The molecule has 18 heavy (non-hydrogen) atoms. The van der Waals surface area contributed by atoms with Crippen molar-refractivity contribution in [1.29, 1.82) is 0 Å². The number of thioether (sulfide) groups is 1. The first-order valence-corrected chi connectivity index (χ1v) is 8.35. The van der Waals surface area contributed by atoms with Crippen molar-refractivity contribution in [2.75, 3.05) is 31.9 Å². The van der Waals surface area contributed by atoms with E-state index in [2.05, 4.69) is 63.5 Å². The monoisotopic (exact) mass is 272 g/mol. The van der Waals surface area contributed by atoms with E-state index in [-0.39, 0.29) is 0 Å². The number of hydrogen-bond acceptors (Lipinski definition) is 3. The highest BCUT2D eigenvalue weighted by Crippen LogP contribution is 2.32. The van der Waals surface area contributed by atoms with Crippen molar-refractivity contribution in [3.63, 3.8) is 0 Å². The summed E-state index contributed by atoms with van der Waals surface area (Å²) in [6.45, 7) is 18.8. The van der Waals surface area contributed by atoms with Crippen molar-refractivity contribution >= 4 is 11.8 Å². The van der Waals surface area contributed by atoms with Gasteiger partial charge >= 0.3 is 0 Å². The standard InChI is InChI=1S/C15H32N2S/c1-7-15(6,10-16-13(2)3)12-17-8-9-18-14(4,5)11-17/h13,16H,7-12H2,1-6H3. The lowest BCUT2D eigenvalue weighted by atomic mass is 9.86. The number of hydrogen-bond donors (Lipinski definition) is 1. The minimum Gasteiger partial charge on any atom is -0.314 e. The third-order valence-corrected chi connectivity index (χ3v) is 5.20. The van der Waals surface area contributed by atoms with Crippen molar-refractivity contribution in [2.24, 2.45) is 5.41 Å². The zero-order valence-electron chi connectivity index (χ0n) is 13.2. The van der Waals surface area contributed by atoms with Crippen LogP contribution < -0.4 is 5.32 Å². The van der Waals surface area contributed by atoms with Gasteiger partial charge in [-0.05, 0) is 25.7 Å². The smallest absolute Gasteiger partial charge is 0.0231 e. The summed E-state index contributed by atoms with van der Waals surface area (Å²) in [5, 5.41) is 3.62. The molecule has 1 N–H and O–H groups in total. The SMILES string of the molecule is CCC(C)(CNC(C)C)CN1CCSC(C)(C)C1. The van der Waals surface area contributed by atoms with Crippen LogP contribution in [-0.2, 0) is 0 Å². The lowest BCUT2D eigenvalue weighted by molar-refractivity contribution is 0.147. The number of nitrogens with zero attached hydrogens (tertiary/aromatic N) is 1. The van der Waals surface area contributed by atoms with Gasteiger partial charge < -0.3 is 10.2 Å². The second kappa shape index (κ2) is 6.62. The molecule has 1 rings (SSSR count). The average Bonchev–Trinajstić information content (AvgIpc) is 2.25. The molecule has 1 fully saturated rings. The van der Waals surface area contributed by atoms with Gasteiger partial charge in [-0.15, -0.1) is 0 Å². The van der Waals surface area contributed by atoms with Crippen LogP contribution in [0.3, 0.4) is 0 Å². The van der Waals surface area contributed by atoms with Crippen molar-refractivity contribution in [2.45, 2.75) is 58.8 Å². The van der Waals surface area contributed by atoms with Gasteiger partial charge in [-0.3, -0.25) is 0 Å². The summed E-state index contributed by atoms with van der Waals surface area (Å²) in [7, 11) is 0.